The van der Waals surface area contributed by atoms with E-state index in [1.54, 1.807) is 30.8 Å². The van der Waals surface area contributed by atoms with Crippen LogP contribution in [0.2, 0.25) is 0 Å². The Morgan fingerprint density at radius 3 is 2.76 bits per heavy atom. The SMILES string of the molecule is CCOC(=O)CCCOc1cc(CSC)cc([N+](=O)[O-])c1. The van der Waals surface area contributed by atoms with Crippen LogP contribution in [-0.4, -0.2) is 30.4 Å². The number of nitro groups is 1. The lowest BCUT2D eigenvalue weighted by atomic mass is 10.2. The van der Waals surface area contributed by atoms with E-state index in [4.69, 9.17) is 9.47 Å². The highest BCUT2D eigenvalue weighted by Gasteiger charge is 2.10. The van der Waals surface area contributed by atoms with Crippen LogP contribution in [0.5, 0.6) is 5.75 Å². The molecule has 0 aliphatic heterocycles. The van der Waals surface area contributed by atoms with Gasteiger partial charge in [-0.3, -0.25) is 14.9 Å². The Bertz CT molecular complexity index is 492. The first kappa shape index (κ1) is 17.3. The number of esters is 1. The van der Waals surface area contributed by atoms with E-state index in [0.717, 1.165) is 5.56 Å². The van der Waals surface area contributed by atoms with Crippen LogP contribution in [-0.2, 0) is 15.3 Å². The van der Waals surface area contributed by atoms with Crippen molar-refractivity contribution in [3.05, 3.63) is 33.9 Å². The van der Waals surface area contributed by atoms with Crippen molar-refractivity contribution in [1.82, 2.24) is 0 Å². The maximum atomic E-state index is 11.2. The molecule has 21 heavy (non-hydrogen) atoms. The highest BCUT2D eigenvalue weighted by atomic mass is 32.2. The van der Waals surface area contributed by atoms with Crippen molar-refractivity contribution in [2.45, 2.75) is 25.5 Å². The number of benzene rings is 1. The van der Waals surface area contributed by atoms with Crippen molar-refractivity contribution in [2.24, 2.45) is 0 Å². The molecule has 0 saturated carbocycles. The van der Waals surface area contributed by atoms with Crippen LogP contribution in [0, 0.1) is 10.1 Å². The number of non-ortho nitro benzene ring substituents is 1. The molecule has 0 N–H and O–H groups in total. The van der Waals surface area contributed by atoms with E-state index in [1.807, 2.05) is 6.26 Å². The third-order valence-electron chi connectivity index (χ3n) is 2.57. The van der Waals surface area contributed by atoms with Gasteiger partial charge in [0, 0.05) is 18.2 Å². The van der Waals surface area contributed by atoms with Crippen molar-refractivity contribution in [1.29, 1.82) is 0 Å². The summed E-state index contributed by atoms with van der Waals surface area (Å²) in [4.78, 5) is 21.6. The van der Waals surface area contributed by atoms with Gasteiger partial charge in [0.2, 0.25) is 0 Å². The van der Waals surface area contributed by atoms with Crippen LogP contribution in [0.3, 0.4) is 0 Å². The molecule has 0 aliphatic rings. The molecule has 0 amide bonds. The molecule has 1 aromatic carbocycles. The standard InChI is InChI=1S/C14H19NO5S/c1-3-19-14(16)5-4-6-20-13-8-11(10-21-2)7-12(9-13)15(17)18/h7-9H,3-6,10H2,1-2H3. The van der Waals surface area contributed by atoms with Gasteiger partial charge in [0.05, 0.1) is 24.2 Å². The lowest BCUT2D eigenvalue weighted by Crippen LogP contribution is -2.07. The average Bonchev–Trinajstić information content (AvgIpc) is 2.44. The first-order chi connectivity index (χ1) is 10.1. The number of hydrogen-bond donors (Lipinski definition) is 0. The summed E-state index contributed by atoms with van der Waals surface area (Å²) in [6.07, 6.45) is 2.72. The lowest BCUT2D eigenvalue weighted by molar-refractivity contribution is -0.385. The number of carbonyl (C=O) groups is 1. The minimum Gasteiger partial charge on any atom is -0.493 e. The minimum absolute atomic E-state index is 0.0157. The van der Waals surface area contributed by atoms with Gasteiger partial charge in [0.25, 0.3) is 5.69 Å². The second kappa shape index (κ2) is 9.23. The second-order valence-electron chi connectivity index (χ2n) is 4.28. The topological polar surface area (TPSA) is 78.7 Å². The van der Waals surface area contributed by atoms with Crippen molar-refractivity contribution >= 4 is 23.4 Å². The molecule has 0 unspecified atom stereocenters. The fraction of sp³-hybridized carbons (Fsp3) is 0.500. The number of nitro benzene ring substituents is 1. The number of thioether (sulfide) groups is 1. The molecule has 7 heteroatoms. The van der Waals surface area contributed by atoms with Crippen molar-refractivity contribution in [2.75, 3.05) is 19.5 Å². The number of ether oxygens (including phenoxy) is 2. The Kier molecular flexibility index (Phi) is 7.60. The van der Waals surface area contributed by atoms with E-state index in [1.165, 1.54) is 6.07 Å². The van der Waals surface area contributed by atoms with E-state index >= 15 is 0 Å². The van der Waals surface area contributed by atoms with E-state index in [2.05, 4.69) is 0 Å². The van der Waals surface area contributed by atoms with E-state index < -0.39 is 4.92 Å². The molecule has 0 heterocycles. The zero-order chi connectivity index (χ0) is 15.7. The van der Waals surface area contributed by atoms with Gasteiger partial charge >= 0.3 is 5.97 Å². The highest BCUT2D eigenvalue weighted by molar-refractivity contribution is 7.97. The van der Waals surface area contributed by atoms with Gasteiger partial charge in [-0.15, -0.1) is 0 Å². The van der Waals surface area contributed by atoms with Crippen LogP contribution >= 0.6 is 11.8 Å². The minimum atomic E-state index is -0.435. The fourth-order valence-electron chi connectivity index (χ4n) is 1.72. The zero-order valence-corrected chi connectivity index (χ0v) is 13.0. The summed E-state index contributed by atoms with van der Waals surface area (Å²) in [5.41, 5.74) is 0.860. The molecule has 0 radical (unpaired) electrons. The molecule has 6 nitrogen and oxygen atoms in total. The number of nitrogens with zero attached hydrogens (tertiary/aromatic N) is 1. The number of hydrogen-bond acceptors (Lipinski definition) is 6. The van der Waals surface area contributed by atoms with Gasteiger partial charge < -0.3 is 9.47 Å². The maximum absolute atomic E-state index is 11.2. The smallest absolute Gasteiger partial charge is 0.305 e. The van der Waals surface area contributed by atoms with Gasteiger partial charge in [-0.1, -0.05) is 0 Å². The zero-order valence-electron chi connectivity index (χ0n) is 12.2. The molecule has 116 valence electrons. The highest BCUT2D eigenvalue weighted by Crippen LogP contribution is 2.25. The van der Waals surface area contributed by atoms with Gasteiger partial charge in [0.15, 0.2) is 0 Å². The molecule has 1 aromatic rings. The number of carbonyl (C=O) groups excluding carboxylic acids is 1. The van der Waals surface area contributed by atoms with Crippen LogP contribution in [0.4, 0.5) is 5.69 Å². The van der Waals surface area contributed by atoms with Gasteiger partial charge in [0.1, 0.15) is 5.75 Å². The maximum Gasteiger partial charge on any atom is 0.305 e. The first-order valence-corrected chi connectivity index (χ1v) is 8.02. The Labute approximate surface area is 128 Å². The molecule has 0 fully saturated rings. The van der Waals surface area contributed by atoms with Crippen LogP contribution in [0.25, 0.3) is 0 Å². The Hall–Kier alpha value is -1.76. The average molecular weight is 313 g/mol. The molecule has 0 spiro atoms. The third kappa shape index (κ3) is 6.48. The monoisotopic (exact) mass is 313 g/mol. The Balaban J connectivity index is 2.57. The quantitative estimate of drug-likeness (QED) is 0.301. The molecular weight excluding hydrogens is 294 g/mol. The molecule has 1 rings (SSSR count). The summed E-state index contributed by atoms with van der Waals surface area (Å²) in [7, 11) is 0. The summed E-state index contributed by atoms with van der Waals surface area (Å²) in [6, 6.07) is 4.73. The first-order valence-electron chi connectivity index (χ1n) is 6.62. The second-order valence-corrected chi connectivity index (χ2v) is 5.15. The normalized spacial score (nSPS) is 10.2. The fourth-order valence-corrected chi connectivity index (χ4v) is 2.22. The molecule has 0 aliphatic carbocycles. The van der Waals surface area contributed by atoms with Crippen LogP contribution in [0.1, 0.15) is 25.3 Å². The van der Waals surface area contributed by atoms with E-state index in [0.29, 0.717) is 31.1 Å². The Morgan fingerprint density at radius 1 is 1.38 bits per heavy atom. The summed E-state index contributed by atoms with van der Waals surface area (Å²) >= 11 is 1.58. The Morgan fingerprint density at radius 2 is 2.14 bits per heavy atom. The van der Waals surface area contributed by atoms with Crippen molar-refractivity contribution in [3.8, 4) is 5.75 Å². The van der Waals surface area contributed by atoms with E-state index in [9.17, 15) is 14.9 Å². The summed E-state index contributed by atoms with van der Waals surface area (Å²) in [6.45, 7) is 2.44. The molecule has 0 aromatic heterocycles. The van der Waals surface area contributed by atoms with Crippen LogP contribution in [0.15, 0.2) is 18.2 Å². The molecular formula is C14H19NO5S. The third-order valence-corrected chi connectivity index (χ3v) is 3.19. The van der Waals surface area contributed by atoms with Crippen LogP contribution < -0.4 is 4.74 Å². The molecule has 0 atom stereocenters. The van der Waals surface area contributed by atoms with Gasteiger partial charge in [-0.2, -0.15) is 11.8 Å². The lowest BCUT2D eigenvalue weighted by Gasteiger charge is -2.08. The summed E-state index contributed by atoms with van der Waals surface area (Å²) < 4.78 is 10.3. The predicted molar refractivity (Wildman–Crippen MR) is 81.7 cm³/mol. The largest absolute Gasteiger partial charge is 0.493 e. The number of rotatable bonds is 9. The van der Waals surface area contributed by atoms with Gasteiger partial charge in [-0.05, 0) is 31.2 Å². The molecule has 0 saturated heterocycles. The summed E-state index contributed by atoms with van der Waals surface area (Å²) in [5, 5.41) is 10.9. The van der Waals surface area contributed by atoms with Gasteiger partial charge in [-0.25, -0.2) is 0 Å². The summed E-state index contributed by atoms with van der Waals surface area (Å²) in [5.74, 6) is 0.876. The van der Waals surface area contributed by atoms with Crippen molar-refractivity contribution in [3.63, 3.8) is 0 Å². The van der Waals surface area contributed by atoms with E-state index in [-0.39, 0.29) is 18.1 Å². The van der Waals surface area contributed by atoms with Crippen molar-refractivity contribution < 1.29 is 19.2 Å². The molecule has 0 bridgehead atoms. The predicted octanol–water partition coefficient (Wildman–Crippen LogP) is 3.18.